The Morgan fingerprint density at radius 1 is 1.09 bits per heavy atom. The van der Waals surface area contributed by atoms with Gasteiger partial charge in [-0.15, -0.1) is 0 Å². The maximum absolute atomic E-state index is 10.2. The fourth-order valence-electron chi connectivity index (χ4n) is 0.728. The van der Waals surface area contributed by atoms with Gasteiger partial charge >= 0.3 is 70.8 Å². The van der Waals surface area contributed by atoms with E-state index in [1.165, 1.54) is 4.38 Å². The van der Waals surface area contributed by atoms with Crippen molar-refractivity contribution in [3.05, 3.63) is 40.3 Å². The molecule has 0 amide bonds. The molecular formula is C8H7O2Ti. The van der Waals surface area contributed by atoms with Gasteiger partial charge in [0.25, 0.3) is 0 Å². The Hall–Kier alpha value is -0.726. The molecule has 0 atom stereocenters. The fraction of sp³-hybridized carbons (Fsp3) is 0. The third kappa shape index (κ3) is 3.26. The summed E-state index contributed by atoms with van der Waals surface area (Å²) in [6.07, 6.45) is 1.61. The second-order valence-corrected chi connectivity index (χ2v) is 3.58. The van der Waals surface area contributed by atoms with Gasteiger partial charge < -0.3 is 0 Å². The molecular weight excluding hydrogens is 176 g/mol. The van der Waals surface area contributed by atoms with E-state index in [0.29, 0.717) is 0 Å². The first kappa shape index (κ1) is 8.37. The molecule has 0 aromatic heterocycles. The van der Waals surface area contributed by atoms with Crippen LogP contribution in [0, 0.1) is 0 Å². The molecule has 1 aromatic rings. The van der Waals surface area contributed by atoms with Crippen LogP contribution in [0.25, 0.3) is 6.08 Å². The van der Waals surface area contributed by atoms with Crippen molar-refractivity contribution in [1.29, 1.82) is 0 Å². The van der Waals surface area contributed by atoms with Crippen LogP contribution in [0.15, 0.2) is 34.7 Å². The van der Waals surface area contributed by atoms with E-state index in [4.69, 9.17) is 0 Å². The van der Waals surface area contributed by atoms with Crippen LogP contribution in [0.3, 0.4) is 0 Å². The van der Waals surface area contributed by atoms with Crippen LogP contribution in [-0.4, -0.2) is 0 Å². The topological polar surface area (TPSA) is 34.1 Å². The molecule has 1 aromatic carbocycles. The van der Waals surface area contributed by atoms with E-state index in [-0.39, 0.29) is 0 Å². The monoisotopic (exact) mass is 183 g/mol. The Balaban J connectivity index is 2.80. The zero-order valence-corrected chi connectivity index (χ0v) is 7.42. The van der Waals surface area contributed by atoms with Crippen molar-refractivity contribution in [2.24, 2.45) is 0 Å². The Labute approximate surface area is 71.0 Å². The van der Waals surface area contributed by atoms with Crippen molar-refractivity contribution < 1.29 is 24.5 Å². The molecule has 2 nitrogen and oxygen atoms in total. The summed E-state index contributed by atoms with van der Waals surface area (Å²) < 4.78 is 21.7. The summed E-state index contributed by atoms with van der Waals surface area (Å²) in [5.74, 6) is 0. The molecule has 0 aliphatic rings. The standard InChI is InChI=1S/C8H7.2O.Ti/c1-2-8-6-4-3-5-7-8;;;/h1-7H;;;. The second-order valence-electron chi connectivity index (χ2n) is 2.06. The molecule has 3 heteroatoms. The average Bonchev–Trinajstić information content (AvgIpc) is 2.03. The number of hydrogen-bond acceptors (Lipinski definition) is 2. The van der Waals surface area contributed by atoms with E-state index >= 15 is 0 Å². The van der Waals surface area contributed by atoms with Crippen molar-refractivity contribution in [1.82, 2.24) is 0 Å². The van der Waals surface area contributed by atoms with Gasteiger partial charge in [0.1, 0.15) is 0 Å². The summed E-state index contributed by atoms with van der Waals surface area (Å²) in [6, 6.07) is 9.35. The number of rotatable bonds is 2. The van der Waals surface area contributed by atoms with Gasteiger partial charge in [0, 0.05) is 0 Å². The molecule has 55 valence electrons. The fourth-order valence-corrected chi connectivity index (χ4v) is 1.24. The van der Waals surface area contributed by atoms with Gasteiger partial charge in [0.05, 0.1) is 0 Å². The molecule has 1 rings (SSSR count). The van der Waals surface area contributed by atoms with Gasteiger partial charge in [-0.05, 0) is 0 Å². The van der Waals surface area contributed by atoms with E-state index in [0.717, 1.165) is 5.56 Å². The van der Waals surface area contributed by atoms with Crippen LogP contribution in [-0.2, 0) is 24.5 Å². The van der Waals surface area contributed by atoms with Crippen molar-refractivity contribution in [3.8, 4) is 0 Å². The summed E-state index contributed by atoms with van der Waals surface area (Å²) in [5, 5.41) is 0. The predicted octanol–water partition coefficient (Wildman–Crippen LogP) is 1.97. The quantitative estimate of drug-likeness (QED) is 0.656. The van der Waals surface area contributed by atoms with Crippen molar-refractivity contribution >= 4 is 6.08 Å². The van der Waals surface area contributed by atoms with Gasteiger partial charge in [-0.1, -0.05) is 0 Å². The van der Waals surface area contributed by atoms with Crippen LogP contribution in [0.4, 0.5) is 0 Å². The molecule has 0 saturated heterocycles. The van der Waals surface area contributed by atoms with Gasteiger partial charge in [0.2, 0.25) is 0 Å². The second kappa shape index (κ2) is 4.21. The third-order valence-corrected chi connectivity index (χ3v) is 1.90. The summed E-state index contributed by atoms with van der Waals surface area (Å²) in [5.41, 5.74) is 0.921. The summed E-state index contributed by atoms with van der Waals surface area (Å²) in [7, 11) is 0. The predicted molar refractivity (Wildman–Crippen MR) is 36.8 cm³/mol. The van der Waals surface area contributed by atoms with E-state index in [9.17, 15) is 6.65 Å². The minimum absolute atomic E-state index is 0.921. The summed E-state index contributed by atoms with van der Waals surface area (Å²) in [4.78, 5) is 0. The molecule has 0 bridgehead atoms. The first-order valence-electron chi connectivity index (χ1n) is 3.23. The van der Waals surface area contributed by atoms with E-state index in [2.05, 4.69) is 0 Å². The Bertz CT molecular complexity index is 304. The molecule has 11 heavy (non-hydrogen) atoms. The van der Waals surface area contributed by atoms with E-state index < -0.39 is 17.8 Å². The van der Waals surface area contributed by atoms with Crippen molar-refractivity contribution in [2.75, 3.05) is 0 Å². The van der Waals surface area contributed by atoms with Gasteiger partial charge in [0.15, 0.2) is 0 Å². The van der Waals surface area contributed by atoms with Gasteiger partial charge in [-0.2, -0.15) is 0 Å². The summed E-state index contributed by atoms with van der Waals surface area (Å²) in [6.45, 7) is 0. The number of hydrogen-bond donors (Lipinski definition) is 0. The zero-order valence-electron chi connectivity index (χ0n) is 5.86. The summed E-state index contributed by atoms with van der Waals surface area (Å²) >= 11 is -3.25. The van der Waals surface area contributed by atoms with Crippen molar-refractivity contribution in [2.45, 2.75) is 0 Å². The molecule has 0 N–H and O–H groups in total. The normalized spacial score (nSPS) is 10.2. The Kier molecular flexibility index (Phi) is 3.21. The first-order chi connectivity index (χ1) is 5.29. The first-order valence-corrected chi connectivity index (χ1v) is 5.41. The van der Waals surface area contributed by atoms with Crippen LogP contribution >= 0.6 is 0 Å². The van der Waals surface area contributed by atoms with Crippen LogP contribution < -0.4 is 0 Å². The van der Waals surface area contributed by atoms with Gasteiger partial charge in [-0.25, -0.2) is 0 Å². The molecule has 0 unspecified atom stereocenters. The molecule has 0 radical (unpaired) electrons. The molecule has 0 aliphatic carbocycles. The maximum atomic E-state index is 10.2. The van der Waals surface area contributed by atoms with Crippen molar-refractivity contribution in [3.63, 3.8) is 0 Å². The Morgan fingerprint density at radius 2 is 1.73 bits per heavy atom. The van der Waals surface area contributed by atoms with Crippen LogP contribution in [0.5, 0.6) is 0 Å². The molecule has 0 aliphatic heterocycles. The van der Waals surface area contributed by atoms with Gasteiger partial charge in [-0.3, -0.25) is 0 Å². The molecule has 0 spiro atoms. The number of benzene rings is 1. The molecule has 0 fully saturated rings. The SMILES string of the molecule is [O]=[Ti](=[O])[CH]=Cc1ccccc1. The Morgan fingerprint density at radius 3 is 2.27 bits per heavy atom. The minimum atomic E-state index is -3.25. The molecule has 0 saturated carbocycles. The van der Waals surface area contributed by atoms with Crippen LogP contribution in [0.2, 0.25) is 0 Å². The zero-order chi connectivity index (χ0) is 8.10. The van der Waals surface area contributed by atoms with E-state index in [1.807, 2.05) is 30.3 Å². The molecule has 0 heterocycles. The van der Waals surface area contributed by atoms with Crippen LogP contribution in [0.1, 0.15) is 5.56 Å². The van der Waals surface area contributed by atoms with E-state index in [1.54, 1.807) is 6.08 Å². The average molecular weight is 183 g/mol. The third-order valence-electron chi connectivity index (χ3n) is 1.21.